The number of hydrogen-bond acceptors (Lipinski definition) is 4. The molecule has 2 aromatic heterocycles. The molecule has 0 aliphatic rings. The molecular weight excluding hydrogens is 226 g/mol. The maximum absolute atomic E-state index is 11.9. The zero-order valence-electron chi connectivity index (χ0n) is 8.98. The van der Waals surface area contributed by atoms with Crippen LogP contribution in [-0.4, -0.2) is 14.8 Å². The van der Waals surface area contributed by atoms with Gasteiger partial charge < -0.3 is 5.73 Å². The molecule has 0 radical (unpaired) electrons. The number of nitrogens with two attached hydrogens (primary N) is 1. The predicted molar refractivity (Wildman–Crippen MR) is 62.5 cm³/mol. The third-order valence-electron chi connectivity index (χ3n) is 2.25. The fraction of sp³-hybridized carbons (Fsp3) is 0.300. The minimum atomic E-state index is -0.525. The summed E-state index contributed by atoms with van der Waals surface area (Å²) < 4.78 is 1.34. The minimum Gasteiger partial charge on any atom is -0.368 e. The Morgan fingerprint density at radius 1 is 1.56 bits per heavy atom. The van der Waals surface area contributed by atoms with E-state index in [0.29, 0.717) is 10.2 Å². The highest BCUT2D eigenvalue weighted by atomic mass is 32.1. The molecule has 6 heteroatoms. The molecule has 0 fully saturated rings. The van der Waals surface area contributed by atoms with Gasteiger partial charge in [-0.3, -0.25) is 13.5 Å². The van der Waals surface area contributed by atoms with Crippen LogP contribution in [-0.2, 0) is 11.3 Å². The number of nitrogens with zero attached hydrogens (tertiary/aromatic N) is 2. The van der Waals surface area contributed by atoms with Crippen molar-refractivity contribution in [1.82, 2.24) is 8.94 Å². The third kappa shape index (κ3) is 1.71. The highest BCUT2D eigenvalue weighted by Crippen LogP contribution is 2.18. The summed E-state index contributed by atoms with van der Waals surface area (Å²) in [7, 11) is 0. The summed E-state index contributed by atoms with van der Waals surface area (Å²) in [6, 6.07) is 1.85. The largest absolute Gasteiger partial charge is 0.368 e. The van der Waals surface area contributed by atoms with E-state index < -0.39 is 5.91 Å². The normalized spacial score (nSPS) is 10.9. The zero-order chi connectivity index (χ0) is 11.9. The van der Waals surface area contributed by atoms with Crippen LogP contribution >= 0.6 is 11.5 Å². The Labute approximate surface area is 95.7 Å². The quantitative estimate of drug-likeness (QED) is 0.829. The lowest BCUT2D eigenvalue weighted by molar-refractivity contribution is -0.118. The van der Waals surface area contributed by atoms with E-state index in [0.717, 1.165) is 11.3 Å². The molecule has 5 nitrogen and oxygen atoms in total. The minimum absolute atomic E-state index is 0.0850. The van der Waals surface area contributed by atoms with Crippen LogP contribution in [0.4, 0.5) is 0 Å². The molecule has 0 saturated heterocycles. The van der Waals surface area contributed by atoms with E-state index in [9.17, 15) is 9.59 Å². The van der Waals surface area contributed by atoms with Crippen LogP contribution < -0.4 is 11.3 Å². The predicted octanol–water partition coefficient (Wildman–Crippen LogP) is 0.560. The smallest absolute Gasteiger partial charge is 0.270 e. The lowest BCUT2D eigenvalue weighted by Crippen LogP contribution is -2.24. The molecule has 2 aromatic rings. The van der Waals surface area contributed by atoms with Gasteiger partial charge in [0.05, 0.1) is 5.39 Å². The van der Waals surface area contributed by atoms with Gasteiger partial charge in [0.2, 0.25) is 5.91 Å². The Hall–Kier alpha value is -1.69. The van der Waals surface area contributed by atoms with Crippen molar-refractivity contribution in [2.45, 2.75) is 20.4 Å². The van der Waals surface area contributed by atoms with Crippen LogP contribution in [0.3, 0.4) is 0 Å². The first-order valence-electron chi connectivity index (χ1n) is 4.75. The van der Waals surface area contributed by atoms with E-state index >= 15 is 0 Å². The molecule has 1 amide bonds. The molecule has 2 heterocycles. The fourth-order valence-corrected chi connectivity index (χ4v) is 2.74. The zero-order valence-corrected chi connectivity index (χ0v) is 9.80. The van der Waals surface area contributed by atoms with Gasteiger partial charge in [0.1, 0.15) is 11.4 Å². The molecule has 0 bridgehead atoms. The van der Waals surface area contributed by atoms with Crippen molar-refractivity contribution in [3.63, 3.8) is 0 Å². The molecule has 0 atom stereocenters. The van der Waals surface area contributed by atoms with Gasteiger partial charge in [0.15, 0.2) is 0 Å². The number of aryl methyl sites for hydroxylation is 2. The maximum Gasteiger partial charge on any atom is 0.270 e. The second kappa shape index (κ2) is 3.71. The van der Waals surface area contributed by atoms with Crippen LogP contribution in [0, 0.1) is 13.8 Å². The van der Waals surface area contributed by atoms with Crippen LogP contribution in [0.15, 0.2) is 10.9 Å². The molecule has 2 rings (SSSR count). The molecule has 0 saturated carbocycles. The number of rotatable bonds is 2. The van der Waals surface area contributed by atoms with E-state index in [-0.39, 0.29) is 12.1 Å². The first-order chi connectivity index (χ1) is 7.49. The Balaban J connectivity index is 2.73. The van der Waals surface area contributed by atoms with Crippen molar-refractivity contribution in [3.8, 4) is 0 Å². The maximum atomic E-state index is 11.9. The van der Waals surface area contributed by atoms with Crippen LogP contribution in [0.1, 0.15) is 11.3 Å². The summed E-state index contributed by atoms with van der Waals surface area (Å²) in [4.78, 5) is 27.6. The molecule has 2 N–H and O–H groups in total. The van der Waals surface area contributed by atoms with E-state index in [4.69, 9.17) is 5.73 Å². The second-order valence-electron chi connectivity index (χ2n) is 3.66. The number of primary amides is 1. The van der Waals surface area contributed by atoms with E-state index in [1.165, 1.54) is 15.5 Å². The molecule has 0 unspecified atom stereocenters. The van der Waals surface area contributed by atoms with Gasteiger partial charge in [-0.25, -0.2) is 4.98 Å². The summed E-state index contributed by atoms with van der Waals surface area (Å²) in [5, 5.41) is 0.580. The van der Waals surface area contributed by atoms with Crippen molar-refractivity contribution in [3.05, 3.63) is 27.7 Å². The summed E-state index contributed by atoms with van der Waals surface area (Å²) in [6.07, 6.45) is 0. The topological polar surface area (TPSA) is 78.0 Å². The van der Waals surface area contributed by atoms with Gasteiger partial charge >= 0.3 is 0 Å². The lowest BCUT2D eigenvalue weighted by Gasteiger charge is -1.94. The summed E-state index contributed by atoms with van der Waals surface area (Å²) in [5.41, 5.74) is 6.62. The van der Waals surface area contributed by atoms with Crippen molar-refractivity contribution >= 4 is 27.7 Å². The molecule has 0 aliphatic carbocycles. The van der Waals surface area contributed by atoms with Crippen LogP contribution in [0.25, 0.3) is 10.2 Å². The van der Waals surface area contributed by atoms with Gasteiger partial charge in [-0.1, -0.05) is 0 Å². The SMILES string of the molecule is Cc1cc(C)c2c(=O)n(CC(N)=O)sc2n1. The standard InChI is InChI=1S/C10H11N3O2S/c1-5-3-6(2)12-9-8(5)10(15)13(16-9)4-7(11)14/h3H,4H2,1-2H3,(H2,11,14). The van der Waals surface area contributed by atoms with E-state index in [2.05, 4.69) is 4.98 Å². The van der Waals surface area contributed by atoms with E-state index in [1.54, 1.807) is 0 Å². The summed E-state index contributed by atoms with van der Waals surface area (Å²) >= 11 is 1.17. The number of pyridine rings is 1. The van der Waals surface area contributed by atoms with Crippen molar-refractivity contribution < 1.29 is 4.79 Å². The number of aromatic nitrogens is 2. The fourth-order valence-electron chi connectivity index (χ4n) is 1.64. The first kappa shape index (κ1) is 10.8. The van der Waals surface area contributed by atoms with Crippen molar-refractivity contribution in [1.29, 1.82) is 0 Å². The van der Waals surface area contributed by atoms with Crippen LogP contribution in [0.2, 0.25) is 0 Å². The molecule has 0 spiro atoms. The third-order valence-corrected chi connectivity index (χ3v) is 3.23. The molecule has 0 aromatic carbocycles. The second-order valence-corrected chi connectivity index (χ2v) is 4.67. The Bertz CT molecular complexity index is 627. The van der Waals surface area contributed by atoms with E-state index in [1.807, 2.05) is 19.9 Å². The highest BCUT2D eigenvalue weighted by molar-refractivity contribution is 7.13. The van der Waals surface area contributed by atoms with Gasteiger partial charge in [0, 0.05) is 5.69 Å². The number of amides is 1. The monoisotopic (exact) mass is 237 g/mol. The Morgan fingerprint density at radius 2 is 2.25 bits per heavy atom. The Morgan fingerprint density at radius 3 is 2.88 bits per heavy atom. The number of hydrogen-bond donors (Lipinski definition) is 1. The molecule has 84 valence electrons. The van der Waals surface area contributed by atoms with Crippen LogP contribution in [0.5, 0.6) is 0 Å². The number of carbonyl (C=O) groups excluding carboxylic acids is 1. The number of fused-ring (bicyclic) bond motifs is 1. The first-order valence-corrected chi connectivity index (χ1v) is 5.52. The highest BCUT2D eigenvalue weighted by Gasteiger charge is 2.12. The lowest BCUT2D eigenvalue weighted by atomic mass is 10.2. The number of carbonyl (C=O) groups is 1. The Kier molecular flexibility index (Phi) is 2.51. The van der Waals surface area contributed by atoms with Gasteiger partial charge in [-0.05, 0) is 37.0 Å². The van der Waals surface area contributed by atoms with Crippen molar-refractivity contribution in [2.24, 2.45) is 5.73 Å². The molecule has 0 aliphatic heterocycles. The van der Waals surface area contributed by atoms with Gasteiger partial charge in [-0.2, -0.15) is 0 Å². The molecular formula is C10H11N3O2S. The average molecular weight is 237 g/mol. The van der Waals surface area contributed by atoms with Gasteiger partial charge in [-0.15, -0.1) is 0 Å². The van der Waals surface area contributed by atoms with Crippen molar-refractivity contribution in [2.75, 3.05) is 0 Å². The average Bonchev–Trinajstić information content (AvgIpc) is 2.41. The summed E-state index contributed by atoms with van der Waals surface area (Å²) in [5.74, 6) is -0.525. The molecule has 16 heavy (non-hydrogen) atoms. The summed E-state index contributed by atoms with van der Waals surface area (Å²) in [6.45, 7) is 3.65. The van der Waals surface area contributed by atoms with Gasteiger partial charge in [0.25, 0.3) is 5.56 Å².